The molecular formula is C9H16BO5P. The van der Waals surface area contributed by atoms with E-state index < -0.39 is 31.7 Å². The first-order chi connectivity index (χ1) is 7.35. The van der Waals surface area contributed by atoms with Crippen LogP contribution in [-0.4, -0.2) is 60.0 Å². The van der Waals surface area contributed by atoms with Crippen LogP contribution in [0.3, 0.4) is 0 Å². The fourth-order valence-electron chi connectivity index (χ4n) is 1.49. The summed E-state index contributed by atoms with van der Waals surface area (Å²) in [5.74, 6) is 1.13. The second kappa shape index (κ2) is 5.49. The average Bonchev–Trinajstić information content (AvgIpc) is 2.42. The van der Waals surface area contributed by atoms with Gasteiger partial charge in [0.2, 0.25) is 0 Å². The molecule has 1 saturated heterocycles. The minimum absolute atomic E-state index is 0.418. The van der Waals surface area contributed by atoms with Gasteiger partial charge in [-0.2, -0.15) is 0 Å². The molecule has 0 aromatic rings. The van der Waals surface area contributed by atoms with Crippen LogP contribution in [0.2, 0.25) is 0 Å². The first-order valence-electron chi connectivity index (χ1n) is 4.94. The lowest BCUT2D eigenvalue weighted by atomic mass is 9.93. The molecule has 4 atom stereocenters. The fraction of sp³-hybridized carbons (Fsp3) is 0.667. The van der Waals surface area contributed by atoms with Gasteiger partial charge in [-0.1, -0.05) is 0 Å². The van der Waals surface area contributed by atoms with Crippen LogP contribution in [0, 0.1) is 0 Å². The van der Waals surface area contributed by atoms with Crippen molar-refractivity contribution in [1.29, 1.82) is 0 Å². The Hall–Kier alpha value is -0.0951. The van der Waals surface area contributed by atoms with Crippen molar-refractivity contribution >= 4 is 21.5 Å². The quantitative estimate of drug-likeness (QED) is 0.457. The Bertz CT molecular complexity index is 302. The average molecular weight is 246 g/mol. The molecule has 1 rings (SSSR count). The van der Waals surface area contributed by atoms with E-state index in [1.807, 2.05) is 0 Å². The third-order valence-electron chi connectivity index (χ3n) is 2.18. The predicted octanol–water partition coefficient (Wildman–Crippen LogP) is -0.576. The minimum atomic E-state index is -3.25. The highest BCUT2D eigenvalue weighted by Gasteiger charge is 2.40. The van der Waals surface area contributed by atoms with Gasteiger partial charge in [0, 0.05) is 12.6 Å². The molecule has 1 unspecified atom stereocenters. The summed E-state index contributed by atoms with van der Waals surface area (Å²) in [6.07, 6.45) is 2.30. The Labute approximate surface area is 96.2 Å². The van der Waals surface area contributed by atoms with Crippen molar-refractivity contribution in [2.24, 2.45) is 0 Å². The Kier molecular flexibility index (Phi) is 4.80. The van der Waals surface area contributed by atoms with E-state index in [1.165, 1.54) is 6.08 Å². The van der Waals surface area contributed by atoms with Crippen LogP contribution in [0.25, 0.3) is 0 Å². The lowest BCUT2D eigenvalue weighted by Crippen LogP contribution is -2.35. The third kappa shape index (κ3) is 3.73. The van der Waals surface area contributed by atoms with Gasteiger partial charge in [-0.05, 0) is 25.1 Å². The smallest absolute Gasteiger partial charge is 0.134 e. The molecule has 1 fully saturated rings. The highest BCUT2D eigenvalue weighted by molar-refractivity contribution is 7.65. The Balaban J connectivity index is 2.65. The fourth-order valence-corrected chi connectivity index (χ4v) is 1.93. The van der Waals surface area contributed by atoms with E-state index in [0.29, 0.717) is 6.61 Å². The van der Waals surface area contributed by atoms with Crippen molar-refractivity contribution in [2.75, 3.05) is 6.61 Å². The Morgan fingerprint density at radius 1 is 1.56 bits per heavy atom. The summed E-state index contributed by atoms with van der Waals surface area (Å²) in [5.41, 5.74) is 0. The summed E-state index contributed by atoms with van der Waals surface area (Å²) >= 11 is 0. The summed E-state index contributed by atoms with van der Waals surface area (Å²) in [4.78, 5) is 18.1. The molecular weight excluding hydrogens is 230 g/mol. The van der Waals surface area contributed by atoms with E-state index in [-0.39, 0.29) is 0 Å². The maximum atomic E-state index is 9.79. The van der Waals surface area contributed by atoms with Gasteiger partial charge in [-0.25, -0.2) is 0 Å². The van der Waals surface area contributed by atoms with E-state index in [9.17, 15) is 5.11 Å². The molecule has 1 aliphatic rings. The van der Waals surface area contributed by atoms with E-state index in [4.69, 9.17) is 27.1 Å². The first kappa shape index (κ1) is 14.0. The van der Waals surface area contributed by atoms with Gasteiger partial charge in [0.15, 0.2) is 0 Å². The van der Waals surface area contributed by atoms with Crippen LogP contribution < -0.4 is 0 Å². The Morgan fingerprint density at radius 3 is 2.69 bits per heavy atom. The molecule has 0 bridgehead atoms. The maximum absolute atomic E-state index is 9.79. The lowest BCUT2D eigenvalue weighted by molar-refractivity contribution is -0.0136. The highest BCUT2D eigenvalue weighted by Crippen LogP contribution is 2.36. The Morgan fingerprint density at radius 2 is 2.19 bits per heavy atom. The standard InChI is InChI=1S/C9H16BO5P/c1-3-14-8-7(11)6(15-9(8)10)4-5-16(2,12)13/h4-9,11-13H,2-3H2,1H3/b5-4+/t6-,7?,8+,9-/m1/s1. The molecule has 0 aliphatic carbocycles. The summed E-state index contributed by atoms with van der Waals surface area (Å²) < 4.78 is 10.4. The second-order valence-electron chi connectivity index (χ2n) is 3.60. The zero-order valence-corrected chi connectivity index (χ0v) is 9.96. The second-order valence-corrected chi connectivity index (χ2v) is 5.47. The minimum Gasteiger partial charge on any atom is -0.387 e. The number of hydrogen-bond acceptors (Lipinski definition) is 5. The van der Waals surface area contributed by atoms with Gasteiger partial charge < -0.3 is 24.4 Å². The molecule has 0 aromatic heterocycles. The number of aliphatic hydroxyl groups is 1. The van der Waals surface area contributed by atoms with E-state index >= 15 is 0 Å². The molecule has 5 nitrogen and oxygen atoms in total. The topological polar surface area (TPSA) is 79.2 Å². The van der Waals surface area contributed by atoms with Crippen LogP contribution in [0.15, 0.2) is 11.9 Å². The summed E-state index contributed by atoms with van der Waals surface area (Å²) in [6.45, 7) is 2.21. The molecule has 0 aromatic carbocycles. The largest absolute Gasteiger partial charge is 0.387 e. The highest BCUT2D eigenvalue weighted by atomic mass is 31.2. The number of rotatable bonds is 4. The molecule has 1 aliphatic heterocycles. The number of aliphatic hydroxyl groups excluding tert-OH is 1. The van der Waals surface area contributed by atoms with Gasteiger partial charge in [0.05, 0.1) is 0 Å². The molecule has 16 heavy (non-hydrogen) atoms. The molecule has 3 N–H and O–H groups in total. The van der Waals surface area contributed by atoms with Gasteiger partial charge >= 0.3 is 0 Å². The van der Waals surface area contributed by atoms with Crippen LogP contribution in [0.1, 0.15) is 6.92 Å². The number of ether oxygens (including phenoxy) is 2. The van der Waals surface area contributed by atoms with Gasteiger partial charge in [0.25, 0.3) is 0 Å². The van der Waals surface area contributed by atoms with Gasteiger partial charge in [-0.15, -0.1) is 0 Å². The molecule has 0 amide bonds. The zero-order valence-electron chi connectivity index (χ0n) is 9.06. The van der Waals surface area contributed by atoms with Crippen LogP contribution in [0.5, 0.6) is 0 Å². The van der Waals surface area contributed by atoms with Crippen molar-refractivity contribution in [3.05, 3.63) is 11.9 Å². The molecule has 1 heterocycles. The maximum Gasteiger partial charge on any atom is 0.134 e. The van der Waals surface area contributed by atoms with Crippen molar-refractivity contribution in [2.45, 2.75) is 31.2 Å². The van der Waals surface area contributed by atoms with Crippen LogP contribution >= 0.6 is 7.34 Å². The SMILES string of the molecule is [B][C@@H]1O[C@H](/C=C/P(=C)(O)O)C(O)[C@@H]1OCC. The van der Waals surface area contributed by atoms with Crippen molar-refractivity contribution < 1.29 is 24.4 Å². The number of hydrogen-bond donors (Lipinski definition) is 3. The van der Waals surface area contributed by atoms with E-state index in [2.05, 4.69) is 6.30 Å². The van der Waals surface area contributed by atoms with Crippen molar-refractivity contribution in [3.63, 3.8) is 0 Å². The van der Waals surface area contributed by atoms with Gasteiger partial charge in [0.1, 0.15) is 33.5 Å². The normalized spacial score (nSPS) is 36.0. The lowest BCUT2D eigenvalue weighted by Gasteiger charge is -2.17. The molecule has 0 spiro atoms. The molecule has 7 heteroatoms. The first-order valence-corrected chi connectivity index (χ1v) is 6.88. The predicted molar refractivity (Wildman–Crippen MR) is 63.5 cm³/mol. The van der Waals surface area contributed by atoms with Crippen molar-refractivity contribution in [3.8, 4) is 0 Å². The van der Waals surface area contributed by atoms with E-state index in [0.717, 1.165) is 5.82 Å². The summed E-state index contributed by atoms with van der Waals surface area (Å²) in [5, 5.41) is 9.79. The zero-order chi connectivity index (χ0) is 12.3. The monoisotopic (exact) mass is 246 g/mol. The van der Waals surface area contributed by atoms with E-state index in [1.54, 1.807) is 6.92 Å². The van der Waals surface area contributed by atoms with Crippen LogP contribution in [0.4, 0.5) is 0 Å². The molecule has 0 saturated carbocycles. The third-order valence-corrected chi connectivity index (χ3v) is 2.83. The van der Waals surface area contributed by atoms with Crippen molar-refractivity contribution in [1.82, 2.24) is 0 Å². The summed E-state index contributed by atoms with van der Waals surface area (Å²) in [7, 11) is 2.36. The van der Waals surface area contributed by atoms with Crippen LogP contribution in [-0.2, 0) is 9.47 Å². The molecule has 2 radical (unpaired) electrons. The molecule has 90 valence electrons. The van der Waals surface area contributed by atoms with Gasteiger partial charge in [-0.3, -0.25) is 0 Å². The summed E-state index contributed by atoms with van der Waals surface area (Å²) in [6, 6.07) is -0.723.